The summed E-state index contributed by atoms with van der Waals surface area (Å²) in [5.74, 6) is 2.16. The van der Waals surface area contributed by atoms with E-state index in [4.69, 9.17) is 4.74 Å². The molecular formula is C23H28N2O4S3. The average Bonchev–Trinajstić information content (AvgIpc) is 3.34. The van der Waals surface area contributed by atoms with E-state index in [1.54, 1.807) is 12.1 Å². The number of piperidine rings is 1. The van der Waals surface area contributed by atoms with E-state index in [0.29, 0.717) is 16.8 Å². The standard InChI is InChI=1S/C23H28N2O4S3/c1-16-6-3-4-11-25(16)32(27,28)21-15-17(9-10-20(21)29-2)22(26)24-19-8-5-7-18(14-19)23-30-12-13-31-23/h5,7-10,14-16,23H,3-4,6,11-13H2,1-2H3,(H,24,26). The van der Waals surface area contributed by atoms with Crippen LogP contribution in [0.1, 0.15) is 46.7 Å². The Morgan fingerprint density at radius 2 is 1.91 bits per heavy atom. The number of carbonyl (C=O) groups is 1. The Morgan fingerprint density at radius 1 is 1.12 bits per heavy atom. The zero-order valence-electron chi connectivity index (χ0n) is 18.2. The Balaban J connectivity index is 1.59. The van der Waals surface area contributed by atoms with E-state index < -0.39 is 10.0 Å². The second-order valence-electron chi connectivity index (χ2n) is 7.98. The number of hydrogen-bond acceptors (Lipinski definition) is 6. The van der Waals surface area contributed by atoms with Gasteiger partial charge in [0.1, 0.15) is 10.6 Å². The number of rotatable bonds is 6. The molecular weight excluding hydrogens is 464 g/mol. The van der Waals surface area contributed by atoms with E-state index in [2.05, 4.69) is 11.4 Å². The van der Waals surface area contributed by atoms with Crippen LogP contribution in [0.25, 0.3) is 0 Å². The summed E-state index contributed by atoms with van der Waals surface area (Å²) in [6.45, 7) is 2.40. The van der Waals surface area contributed by atoms with Gasteiger partial charge in [-0.25, -0.2) is 8.42 Å². The third kappa shape index (κ3) is 4.95. The van der Waals surface area contributed by atoms with E-state index in [1.807, 2.05) is 48.6 Å². The summed E-state index contributed by atoms with van der Waals surface area (Å²) in [7, 11) is -2.34. The fraction of sp³-hybridized carbons (Fsp3) is 0.435. The smallest absolute Gasteiger partial charge is 0.255 e. The Bertz CT molecular complexity index is 1080. The SMILES string of the molecule is COc1ccc(C(=O)Nc2cccc(C3SCCS3)c2)cc1S(=O)(=O)N1CCCCC1C. The minimum absolute atomic E-state index is 0.0360. The molecule has 4 rings (SSSR count). The van der Waals surface area contributed by atoms with Crippen LogP contribution < -0.4 is 10.1 Å². The highest BCUT2D eigenvalue weighted by Gasteiger charge is 2.33. The van der Waals surface area contributed by atoms with Gasteiger partial charge < -0.3 is 10.1 Å². The maximum atomic E-state index is 13.4. The summed E-state index contributed by atoms with van der Waals surface area (Å²) in [6, 6.07) is 12.3. The van der Waals surface area contributed by atoms with Gasteiger partial charge in [0.15, 0.2) is 0 Å². The number of benzene rings is 2. The van der Waals surface area contributed by atoms with Gasteiger partial charge in [0.2, 0.25) is 10.0 Å². The van der Waals surface area contributed by atoms with Gasteiger partial charge in [-0.05, 0) is 55.7 Å². The van der Waals surface area contributed by atoms with Crippen LogP contribution in [-0.4, -0.2) is 49.8 Å². The largest absolute Gasteiger partial charge is 0.495 e. The molecule has 0 bridgehead atoms. The minimum Gasteiger partial charge on any atom is -0.495 e. The zero-order valence-corrected chi connectivity index (χ0v) is 20.7. The van der Waals surface area contributed by atoms with E-state index in [-0.39, 0.29) is 28.2 Å². The summed E-state index contributed by atoms with van der Waals surface area (Å²) < 4.78 is 34.1. The third-order valence-corrected chi connectivity index (χ3v) is 10.9. The molecule has 2 saturated heterocycles. The third-order valence-electron chi connectivity index (χ3n) is 5.79. The van der Waals surface area contributed by atoms with E-state index in [1.165, 1.54) is 23.0 Å². The first-order valence-corrected chi connectivity index (χ1v) is 14.3. The van der Waals surface area contributed by atoms with Crippen LogP contribution in [0, 0.1) is 0 Å². The first-order valence-electron chi connectivity index (χ1n) is 10.7. The second-order valence-corrected chi connectivity index (χ2v) is 12.6. The molecule has 0 aliphatic carbocycles. The van der Waals surface area contributed by atoms with Crippen molar-refractivity contribution in [1.29, 1.82) is 0 Å². The Labute approximate surface area is 198 Å². The Kier molecular flexibility index (Phi) is 7.39. The highest BCUT2D eigenvalue weighted by molar-refractivity contribution is 8.19. The quantitative estimate of drug-likeness (QED) is 0.612. The molecule has 2 aromatic rings. The van der Waals surface area contributed by atoms with Gasteiger partial charge in [-0.3, -0.25) is 4.79 Å². The van der Waals surface area contributed by atoms with Crippen molar-refractivity contribution in [2.24, 2.45) is 0 Å². The van der Waals surface area contributed by atoms with Crippen LogP contribution in [0.3, 0.4) is 0 Å². The Hall–Kier alpha value is -1.68. The lowest BCUT2D eigenvalue weighted by Crippen LogP contribution is -2.42. The number of nitrogens with one attached hydrogen (secondary N) is 1. The lowest BCUT2D eigenvalue weighted by molar-refractivity contribution is 0.102. The molecule has 0 spiro atoms. The van der Waals surface area contributed by atoms with Crippen LogP contribution in [0.15, 0.2) is 47.4 Å². The fourth-order valence-electron chi connectivity index (χ4n) is 4.09. The van der Waals surface area contributed by atoms with Crippen molar-refractivity contribution in [3.63, 3.8) is 0 Å². The molecule has 2 aliphatic heterocycles. The van der Waals surface area contributed by atoms with Crippen LogP contribution in [-0.2, 0) is 10.0 Å². The highest BCUT2D eigenvalue weighted by atomic mass is 32.2. The number of ether oxygens (including phenoxy) is 1. The number of nitrogens with zero attached hydrogens (tertiary/aromatic N) is 1. The van der Waals surface area contributed by atoms with Crippen molar-refractivity contribution in [2.45, 2.75) is 41.7 Å². The first kappa shape index (κ1) is 23.5. The molecule has 1 N–H and O–H groups in total. The average molecular weight is 493 g/mol. The fourth-order valence-corrected chi connectivity index (χ4v) is 8.81. The van der Waals surface area contributed by atoms with Crippen molar-refractivity contribution >= 4 is 45.1 Å². The zero-order chi connectivity index (χ0) is 22.7. The molecule has 2 aromatic carbocycles. The number of thioether (sulfide) groups is 2. The van der Waals surface area contributed by atoms with Crippen molar-refractivity contribution in [1.82, 2.24) is 4.31 Å². The predicted octanol–water partition coefficient (Wildman–Crippen LogP) is 4.99. The van der Waals surface area contributed by atoms with Crippen LogP contribution in [0.2, 0.25) is 0 Å². The van der Waals surface area contributed by atoms with Gasteiger partial charge in [-0.15, -0.1) is 23.5 Å². The molecule has 6 nitrogen and oxygen atoms in total. The van der Waals surface area contributed by atoms with Gasteiger partial charge in [-0.2, -0.15) is 4.31 Å². The van der Waals surface area contributed by atoms with Gasteiger partial charge in [-0.1, -0.05) is 18.6 Å². The molecule has 1 amide bonds. The number of anilines is 1. The van der Waals surface area contributed by atoms with Crippen LogP contribution >= 0.6 is 23.5 Å². The lowest BCUT2D eigenvalue weighted by Gasteiger charge is -2.32. The number of carbonyl (C=O) groups excluding carboxylic acids is 1. The van der Waals surface area contributed by atoms with Crippen molar-refractivity contribution in [3.8, 4) is 5.75 Å². The molecule has 2 fully saturated rings. The molecule has 0 aromatic heterocycles. The first-order chi connectivity index (χ1) is 15.4. The molecule has 9 heteroatoms. The molecule has 32 heavy (non-hydrogen) atoms. The molecule has 1 unspecified atom stereocenters. The maximum absolute atomic E-state index is 13.4. The lowest BCUT2D eigenvalue weighted by atomic mass is 10.1. The summed E-state index contributed by atoms with van der Waals surface area (Å²) in [5, 5.41) is 2.92. The van der Waals surface area contributed by atoms with E-state index in [9.17, 15) is 13.2 Å². The second kappa shape index (κ2) is 10.1. The van der Waals surface area contributed by atoms with Gasteiger partial charge >= 0.3 is 0 Å². The number of hydrogen-bond donors (Lipinski definition) is 1. The molecule has 2 heterocycles. The summed E-state index contributed by atoms with van der Waals surface area (Å²) in [6.07, 6.45) is 2.68. The topological polar surface area (TPSA) is 75.7 Å². The van der Waals surface area contributed by atoms with Crippen LogP contribution in [0.4, 0.5) is 5.69 Å². The highest BCUT2D eigenvalue weighted by Crippen LogP contribution is 2.45. The van der Waals surface area contributed by atoms with Crippen molar-refractivity contribution < 1.29 is 17.9 Å². The molecule has 0 saturated carbocycles. The Morgan fingerprint density at radius 3 is 2.62 bits per heavy atom. The number of methoxy groups -OCH3 is 1. The molecule has 1 atom stereocenters. The van der Waals surface area contributed by atoms with Crippen molar-refractivity contribution in [2.75, 3.05) is 30.5 Å². The van der Waals surface area contributed by atoms with Crippen LogP contribution in [0.5, 0.6) is 5.75 Å². The van der Waals surface area contributed by atoms with Crippen molar-refractivity contribution in [3.05, 3.63) is 53.6 Å². The number of sulfonamides is 1. The molecule has 0 radical (unpaired) electrons. The van der Waals surface area contributed by atoms with Gasteiger partial charge in [0.25, 0.3) is 5.91 Å². The number of amides is 1. The minimum atomic E-state index is -3.78. The summed E-state index contributed by atoms with van der Waals surface area (Å²) in [4.78, 5) is 13.0. The monoisotopic (exact) mass is 492 g/mol. The van der Waals surface area contributed by atoms with E-state index in [0.717, 1.165) is 30.8 Å². The summed E-state index contributed by atoms with van der Waals surface area (Å²) in [5.41, 5.74) is 2.15. The predicted molar refractivity (Wildman–Crippen MR) is 132 cm³/mol. The van der Waals surface area contributed by atoms with Gasteiger partial charge in [0.05, 0.1) is 11.7 Å². The summed E-state index contributed by atoms with van der Waals surface area (Å²) >= 11 is 3.81. The maximum Gasteiger partial charge on any atom is 0.255 e. The van der Waals surface area contributed by atoms with Gasteiger partial charge in [0, 0.05) is 35.3 Å². The van der Waals surface area contributed by atoms with E-state index >= 15 is 0 Å². The molecule has 172 valence electrons. The normalized spacial score (nSPS) is 20.2. The molecule has 2 aliphatic rings.